The lowest BCUT2D eigenvalue weighted by molar-refractivity contribution is -0.121. The summed E-state index contributed by atoms with van der Waals surface area (Å²) in [6.07, 6.45) is 3.32. The number of aliphatic hydroxyl groups is 1. The number of hydrogen-bond acceptors (Lipinski definition) is 3. The smallest absolute Gasteiger partial charge is 0.224 e. The van der Waals surface area contributed by atoms with Gasteiger partial charge in [-0.25, -0.2) is 4.39 Å². The maximum atomic E-state index is 13.0. The molecule has 2 aromatic rings. The summed E-state index contributed by atoms with van der Waals surface area (Å²) in [5, 5.41) is 17.0. The van der Waals surface area contributed by atoms with Crippen molar-refractivity contribution < 1.29 is 14.3 Å². The molecule has 0 saturated carbocycles. The highest BCUT2D eigenvalue weighted by molar-refractivity contribution is 5.78. The number of benzene rings is 1. The standard InChI is InChI=1S/C15H18FN3O2/c1-15(21,12-8-18-19(2)9-12)10-17-14(20)7-11-4-3-5-13(16)6-11/h3-6,8-9,21H,7,10H2,1-2H3,(H,17,20). The summed E-state index contributed by atoms with van der Waals surface area (Å²) in [7, 11) is 1.75. The van der Waals surface area contributed by atoms with Crippen molar-refractivity contribution in [3.63, 3.8) is 0 Å². The molecule has 1 heterocycles. The molecule has 0 aliphatic carbocycles. The van der Waals surface area contributed by atoms with Gasteiger partial charge in [0.15, 0.2) is 0 Å². The zero-order chi connectivity index (χ0) is 15.5. The number of carbonyl (C=O) groups is 1. The first-order chi connectivity index (χ1) is 9.87. The van der Waals surface area contributed by atoms with Gasteiger partial charge in [-0.2, -0.15) is 5.10 Å². The number of nitrogens with zero attached hydrogens (tertiary/aromatic N) is 2. The lowest BCUT2D eigenvalue weighted by Gasteiger charge is -2.22. The van der Waals surface area contributed by atoms with Gasteiger partial charge in [-0.05, 0) is 24.6 Å². The van der Waals surface area contributed by atoms with Gasteiger partial charge in [0.2, 0.25) is 5.91 Å². The second-order valence-corrected chi connectivity index (χ2v) is 5.26. The monoisotopic (exact) mass is 291 g/mol. The third kappa shape index (κ3) is 4.13. The van der Waals surface area contributed by atoms with Crippen molar-refractivity contribution in [3.8, 4) is 0 Å². The lowest BCUT2D eigenvalue weighted by Crippen LogP contribution is -2.39. The molecule has 0 radical (unpaired) electrons. The molecule has 1 atom stereocenters. The quantitative estimate of drug-likeness (QED) is 0.867. The van der Waals surface area contributed by atoms with Crippen LogP contribution in [0.3, 0.4) is 0 Å². The van der Waals surface area contributed by atoms with E-state index in [4.69, 9.17) is 0 Å². The normalized spacial score (nSPS) is 13.7. The Kier molecular flexibility index (Phi) is 4.37. The van der Waals surface area contributed by atoms with Crippen molar-refractivity contribution in [2.24, 2.45) is 7.05 Å². The summed E-state index contributed by atoms with van der Waals surface area (Å²) in [4.78, 5) is 11.8. The zero-order valence-corrected chi connectivity index (χ0v) is 12.0. The third-order valence-corrected chi connectivity index (χ3v) is 3.21. The summed E-state index contributed by atoms with van der Waals surface area (Å²) in [5.41, 5.74) is 0.0100. The van der Waals surface area contributed by atoms with Gasteiger partial charge in [-0.3, -0.25) is 9.48 Å². The van der Waals surface area contributed by atoms with Gasteiger partial charge in [0.25, 0.3) is 0 Å². The van der Waals surface area contributed by atoms with Crippen LogP contribution in [0, 0.1) is 5.82 Å². The van der Waals surface area contributed by atoms with Gasteiger partial charge < -0.3 is 10.4 Å². The molecular formula is C15H18FN3O2. The Morgan fingerprint density at radius 3 is 2.90 bits per heavy atom. The molecule has 21 heavy (non-hydrogen) atoms. The number of aromatic nitrogens is 2. The Morgan fingerprint density at radius 2 is 2.29 bits per heavy atom. The molecule has 0 aliphatic rings. The number of amides is 1. The van der Waals surface area contributed by atoms with Crippen molar-refractivity contribution >= 4 is 5.91 Å². The molecule has 112 valence electrons. The highest BCUT2D eigenvalue weighted by Crippen LogP contribution is 2.18. The van der Waals surface area contributed by atoms with Crippen LogP contribution in [0.5, 0.6) is 0 Å². The van der Waals surface area contributed by atoms with Crippen molar-refractivity contribution in [2.45, 2.75) is 18.9 Å². The first kappa shape index (κ1) is 15.2. The molecule has 0 fully saturated rings. The van der Waals surface area contributed by atoms with Crippen LogP contribution in [0.25, 0.3) is 0 Å². The molecule has 0 spiro atoms. The fourth-order valence-electron chi connectivity index (χ4n) is 1.97. The third-order valence-electron chi connectivity index (χ3n) is 3.21. The van der Waals surface area contributed by atoms with Gasteiger partial charge in [0, 0.05) is 18.8 Å². The first-order valence-corrected chi connectivity index (χ1v) is 6.59. The van der Waals surface area contributed by atoms with Crippen molar-refractivity contribution in [1.29, 1.82) is 0 Å². The number of hydrogen-bond donors (Lipinski definition) is 2. The van der Waals surface area contributed by atoms with Crippen LogP contribution in [0.2, 0.25) is 0 Å². The molecule has 1 amide bonds. The van der Waals surface area contributed by atoms with E-state index in [1.807, 2.05) is 0 Å². The van der Waals surface area contributed by atoms with Crippen LogP contribution < -0.4 is 5.32 Å². The van der Waals surface area contributed by atoms with E-state index in [0.717, 1.165) is 0 Å². The van der Waals surface area contributed by atoms with Gasteiger partial charge in [0.05, 0.1) is 19.2 Å². The molecule has 0 bridgehead atoms. The fraction of sp³-hybridized carbons (Fsp3) is 0.333. The van der Waals surface area contributed by atoms with Gasteiger partial charge in [-0.15, -0.1) is 0 Å². The van der Waals surface area contributed by atoms with Crippen LogP contribution in [0.15, 0.2) is 36.7 Å². The zero-order valence-electron chi connectivity index (χ0n) is 12.0. The van der Waals surface area contributed by atoms with Gasteiger partial charge in [0.1, 0.15) is 11.4 Å². The number of aryl methyl sites for hydroxylation is 1. The Labute approximate surface area is 122 Å². The summed E-state index contributed by atoms with van der Waals surface area (Å²) in [6.45, 7) is 1.67. The number of halogens is 1. The van der Waals surface area contributed by atoms with Crippen molar-refractivity contribution in [3.05, 3.63) is 53.6 Å². The number of carbonyl (C=O) groups excluding carboxylic acids is 1. The lowest BCUT2D eigenvalue weighted by atomic mass is 9.99. The first-order valence-electron chi connectivity index (χ1n) is 6.59. The van der Waals surface area contributed by atoms with E-state index >= 15 is 0 Å². The van der Waals surface area contributed by atoms with Crippen molar-refractivity contribution in [2.75, 3.05) is 6.54 Å². The van der Waals surface area contributed by atoms with E-state index in [9.17, 15) is 14.3 Å². The predicted octanol–water partition coefficient (Wildman–Crippen LogP) is 1.13. The average molecular weight is 291 g/mol. The minimum absolute atomic E-state index is 0.0623. The maximum Gasteiger partial charge on any atom is 0.224 e. The van der Waals surface area contributed by atoms with Crippen LogP contribution in [0.4, 0.5) is 4.39 Å². The Bertz CT molecular complexity index is 637. The van der Waals surface area contributed by atoms with Crippen LogP contribution >= 0.6 is 0 Å². The van der Waals surface area contributed by atoms with E-state index in [-0.39, 0.29) is 24.7 Å². The molecule has 0 aliphatic heterocycles. The van der Waals surface area contributed by atoms with Gasteiger partial charge in [-0.1, -0.05) is 12.1 Å². The Hall–Kier alpha value is -2.21. The van der Waals surface area contributed by atoms with Crippen LogP contribution in [-0.2, 0) is 23.9 Å². The second kappa shape index (κ2) is 6.05. The summed E-state index contributed by atoms with van der Waals surface area (Å²) < 4.78 is 14.6. The number of nitrogens with one attached hydrogen (secondary N) is 1. The molecule has 2 rings (SSSR count). The van der Waals surface area contributed by atoms with Crippen molar-refractivity contribution in [1.82, 2.24) is 15.1 Å². The topological polar surface area (TPSA) is 67.2 Å². The largest absolute Gasteiger partial charge is 0.383 e. The molecule has 1 aromatic heterocycles. The van der Waals surface area contributed by atoms with Gasteiger partial charge >= 0.3 is 0 Å². The molecule has 1 unspecified atom stereocenters. The molecular weight excluding hydrogens is 273 g/mol. The molecule has 6 heteroatoms. The number of rotatable bonds is 5. The molecule has 1 aromatic carbocycles. The Balaban J connectivity index is 1.91. The minimum atomic E-state index is -1.20. The molecule has 2 N–H and O–H groups in total. The summed E-state index contributed by atoms with van der Waals surface area (Å²) in [6, 6.07) is 5.89. The van der Waals surface area contributed by atoms with E-state index in [0.29, 0.717) is 11.1 Å². The van der Waals surface area contributed by atoms with E-state index < -0.39 is 5.60 Å². The van der Waals surface area contributed by atoms with E-state index in [1.165, 1.54) is 12.1 Å². The van der Waals surface area contributed by atoms with Crippen LogP contribution in [0.1, 0.15) is 18.1 Å². The average Bonchev–Trinajstić information content (AvgIpc) is 2.84. The Morgan fingerprint density at radius 1 is 1.52 bits per heavy atom. The highest BCUT2D eigenvalue weighted by Gasteiger charge is 2.25. The fourth-order valence-corrected chi connectivity index (χ4v) is 1.97. The second-order valence-electron chi connectivity index (χ2n) is 5.26. The molecule has 5 nitrogen and oxygen atoms in total. The molecule has 0 saturated heterocycles. The minimum Gasteiger partial charge on any atom is -0.383 e. The summed E-state index contributed by atoms with van der Waals surface area (Å²) >= 11 is 0. The predicted molar refractivity (Wildman–Crippen MR) is 75.9 cm³/mol. The SMILES string of the molecule is Cn1cc(C(C)(O)CNC(=O)Cc2cccc(F)c2)cn1. The van der Waals surface area contributed by atoms with E-state index in [2.05, 4.69) is 10.4 Å². The van der Waals surface area contributed by atoms with E-state index in [1.54, 1.807) is 43.2 Å². The van der Waals surface area contributed by atoms with Crippen LogP contribution in [-0.4, -0.2) is 27.3 Å². The summed E-state index contributed by atoms with van der Waals surface area (Å²) in [5.74, 6) is -0.646. The maximum absolute atomic E-state index is 13.0. The highest BCUT2D eigenvalue weighted by atomic mass is 19.1.